The molecular formula is C33H33F3N8O3. The van der Waals surface area contributed by atoms with Crippen molar-refractivity contribution in [2.24, 2.45) is 0 Å². The predicted octanol–water partition coefficient (Wildman–Crippen LogP) is 5.67. The topological polar surface area (TPSA) is 123 Å². The normalized spacial score (nSPS) is 13.0. The Balaban J connectivity index is 1.46. The van der Waals surface area contributed by atoms with E-state index in [0.717, 1.165) is 29.4 Å². The van der Waals surface area contributed by atoms with Crippen molar-refractivity contribution in [3.05, 3.63) is 101 Å². The minimum atomic E-state index is -4.62. The summed E-state index contributed by atoms with van der Waals surface area (Å²) in [6, 6.07) is 15.6. The van der Waals surface area contributed by atoms with Crippen molar-refractivity contribution in [3.63, 3.8) is 0 Å². The number of aryl methyl sites for hydroxylation is 1. The van der Waals surface area contributed by atoms with E-state index in [0.29, 0.717) is 30.4 Å². The zero-order valence-electron chi connectivity index (χ0n) is 26.1. The van der Waals surface area contributed by atoms with Crippen molar-refractivity contribution >= 4 is 46.7 Å². The van der Waals surface area contributed by atoms with Gasteiger partial charge in [0.15, 0.2) is 0 Å². The van der Waals surface area contributed by atoms with Gasteiger partial charge < -0.3 is 20.9 Å². The molecule has 1 aliphatic heterocycles. The standard InChI is InChI=1S/C33H33F3N8O3/c1-20-8-10-24(11-9-20)40-31-38-18-22-19-44(32(47)43(4)28(22)41-31)27-17-25(12-13-26(27)30(46)37-14-15-42(2)3)39-29(45)21-6-5-7-23(16-21)33(34,35)36/h5-13,16-18H,14-15,19H2,1-4H3,(H,37,46)(H,39,45)(H,38,40,41). The zero-order valence-corrected chi connectivity index (χ0v) is 26.1. The minimum absolute atomic E-state index is 0.00627. The first-order chi connectivity index (χ1) is 22.3. The molecule has 3 N–H and O–H groups in total. The number of urea groups is 1. The number of fused-ring (bicyclic) bond motifs is 1. The highest BCUT2D eigenvalue weighted by Gasteiger charge is 2.34. The number of likely N-dealkylation sites (N-methyl/N-ethyl adjacent to an activating group) is 1. The molecule has 0 spiro atoms. The van der Waals surface area contributed by atoms with E-state index in [1.165, 1.54) is 34.1 Å². The number of nitrogens with one attached hydrogen (secondary N) is 3. The molecule has 14 heteroatoms. The number of rotatable bonds is 9. The van der Waals surface area contributed by atoms with Gasteiger partial charge in [0.25, 0.3) is 11.8 Å². The molecule has 0 atom stereocenters. The molecule has 244 valence electrons. The van der Waals surface area contributed by atoms with Gasteiger partial charge in [-0.05, 0) is 69.6 Å². The van der Waals surface area contributed by atoms with Gasteiger partial charge in [-0.15, -0.1) is 0 Å². The van der Waals surface area contributed by atoms with Crippen LogP contribution in [0.25, 0.3) is 0 Å². The van der Waals surface area contributed by atoms with Crippen LogP contribution in [-0.4, -0.2) is 66.9 Å². The van der Waals surface area contributed by atoms with Crippen LogP contribution < -0.4 is 25.8 Å². The van der Waals surface area contributed by atoms with Crippen LogP contribution in [0.15, 0.2) is 72.9 Å². The fourth-order valence-electron chi connectivity index (χ4n) is 4.88. The van der Waals surface area contributed by atoms with Crippen LogP contribution in [0.1, 0.15) is 37.4 Å². The van der Waals surface area contributed by atoms with Gasteiger partial charge >= 0.3 is 12.2 Å². The Bertz CT molecular complexity index is 1810. The summed E-state index contributed by atoms with van der Waals surface area (Å²) in [7, 11) is 5.28. The lowest BCUT2D eigenvalue weighted by molar-refractivity contribution is -0.137. The summed E-state index contributed by atoms with van der Waals surface area (Å²) in [5, 5.41) is 8.56. The molecule has 0 saturated heterocycles. The van der Waals surface area contributed by atoms with Gasteiger partial charge in [0.05, 0.1) is 23.4 Å². The van der Waals surface area contributed by atoms with Crippen molar-refractivity contribution in [1.29, 1.82) is 0 Å². The average molecular weight is 647 g/mol. The maximum absolute atomic E-state index is 13.8. The smallest absolute Gasteiger partial charge is 0.351 e. The fourth-order valence-corrected chi connectivity index (χ4v) is 4.88. The van der Waals surface area contributed by atoms with E-state index < -0.39 is 29.6 Å². The molecule has 0 saturated carbocycles. The number of anilines is 5. The number of benzene rings is 3. The monoisotopic (exact) mass is 646 g/mol. The van der Waals surface area contributed by atoms with E-state index >= 15 is 0 Å². The quantitative estimate of drug-likeness (QED) is 0.214. The molecule has 0 aliphatic carbocycles. The molecule has 0 bridgehead atoms. The van der Waals surface area contributed by atoms with Gasteiger partial charge in [-0.25, -0.2) is 9.78 Å². The lowest BCUT2D eigenvalue weighted by Crippen LogP contribution is -2.46. The lowest BCUT2D eigenvalue weighted by atomic mass is 10.1. The molecule has 3 aromatic carbocycles. The lowest BCUT2D eigenvalue weighted by Gasteiger charge is -2.35. The van der Waals surface area contributed by atoms with E-state index in [1.54, 1.807) is 13.2 Å². The molecular weight excluding hydrogens is 613 g/mol. The Hall–Kier alpha value is -5.50. The summed E-state index contributed by atoms with van der Waals surface area (Å²) < 4.78 is 39.8. The highest BCUT2D eigenvalue weighted by Crippen LogP contribution is 2.34. The minimum Gasteiger partial charge on any atom is -0.351 e. The molecule has 11 nitrogen and oxygen atoms in total. The zero-order chi connectivity index (χ0) is 33.9. The number of nitrogens with zero attached hydrogens (tertiary/aromatic N) is 5. The first-order valence-electron chi connectivity index (χ1n) is 14.6. The highest BCUT2D eigenvalue weighted by molar-refractivity contribution is 6.11. The highest BCUT2D eigenvalue weighted by atomic mass is 19.4. The SMILES string of the molecule is Cc1ccc(Nc2ncc3c(n2)N(C)C(=O)N(c2cc(NC(=O)c4cccc(C(F)(F)F)c4)ccc2C(=O)NCCN(C)C)C3)cc1. The first-order valence-corrected chi connectivity index (χ1v) is 14.6. The van der Waals surface area contributed by atoms with Crippen LogP contribution in [0.3, 0.4) is 0 Å². The van der Waals surface area contributed by atoms with E-state index in [4.69, 9.17) is 0 Å². The van der Waals surface area contributed by atoms with Crippen molar-refractivity contribution in [2.45, 2.75) is 19.6 Å². The van der Waals surface area contributed by atoms with Gasteiger partial charge in [-0.1, -0.05) is 23.8 Å². The Morgan fingerprint density at radius 3 is 2.40 bits per heavy atom. The molecule has 1 aromatic heterocycles. The Morgan fingerprint density at radius 2 is 1.70 bits per heavy atom. The third-order valence-electron chi connectivity index (χ3n) is 7.40. The van der Waals surface area contributed by atoms with Crippen LogP contribution in [0.4, 0.5) is 46.8 Å². The molecule has 0 unspecified atom stereocenters. The molecule has 4 amide bonds. The molecule has 1 aliphatic rings. The molecule has 5 rings (SSSR count). The van der Waals surface area contributed by atoms with Crippen molar-refractivity contribution < 1.29 is 27.6 Å². The number of amides is 4. The molecule has 0 radical (unpaired) electrons. The largest absolute Gasteiger partial charge is 0.416 e. The van der Waals surface area contributed by atoms with Crippen LogP contribution in [0.2, 0.25) is 0 Å². The van der Waals surface area contributed by atoms with Crippen LogP contribution in [-0.2, 0) is 12.7 Å². The second kappa shape index (κ2) is 13.5. The molecule has 2 heterocycles. The number of hydrogen-bond acceptors (Lipinski definition) is 7. The number of hydrogen-bond donors (Lipinski definition) is 3. The number of carbonyl (C=O) groups is 3. The van der Waals surface area contributed by atoms with E-state index in [1.807, 2.05) is 50.2 Å². The van der Waals surface area contributed by atoms with E-state index in [9.17, 15) is 27.6 Å². The third kappa shape index (κ3) is 7.66. The maximum atomic E-state index is 13.8. The Kier molecular flexibility index (Phi) is 9.42. The second-order valence-corrected chi connectivity index (χ2v) is 11.3. The second-order valence-electron chi connectivity index (χ2n) is 11.3. The molecule has 0 fully saturated rings. The van der Waals surface area contributed by atoms with Gasteiger partial charge in [0, 0.05) is 48.8 Å². The molecule has 4 aromatic rings. The average Bonchev–Trinajstić information content (AvgIpc) is 3.03. The summed E-state index contributed by atoms with van der Waals surface area (Å²) >= 11 is 0. The summed E-state index contributed by atoms with van der Waals surface area (Å²) in [4.78, 5) is 53.7. The number of halogens is 3. The van der Waals surface area contributed by atoms with Crippen LogP contribution in [0.5, 0.6) is 0 Å². The molecule has 47 heavy (non-hydrogen) atoms. The van der Waals surface area contributed by atoms with Crippen LogP contribution in [0, 0.1) is 6.92 Å². The predicted molar refractivity (Wildman–Crippen MR) is 173 cm³/mol. The van der Waals surface area contributed by atoms with E-state index in [-0.39, 0.29) is 29.0 Å². The summed E-state index contributed by atoms with van der Waals surface area (Å²) in [6.45, 7) is 2.89. The summed E-state index contributed by atoms with van der Waals surface area (Å²) in [5.41, 5.74) is 1.80. The van der Waals surface area contributed by atoms with Gasteiger partial charge in [-0.2, -0.15) is 18.2 Å². The van der Waals surface area contributed by atoms with Crippen LogP contribution >= 0.6 is 0 Å². The maximum Gasteiger partial charge on any atom is 0.416 e. The Labute approximate surface area is 269 Å². The van der Waals surface area contributed by atoms with E-state index in [2.05, 4.69) is 25.9 Å². The van der Waals surface area contributed by atoms with Gasteiger partial charge in [-0.3, -0.25) is 19.4 Å². The number of carbonyl (C=O) groups excluding carboxylic acids is 3. The van der Waals surface area contributed by atoms with Crippen molar-refractivity contribution in [3.8, 4) is 0 Å². The fraction of sp³-hybridized carbons (Fsp3) is 0.242. The van der Waals surface area contributed by atoms with Crippen molar-refractivity contribution in [2.75, 3.05) is 54.7 Å². The van der Waals surface area contributed by atoms with Crippen molar-refractivity contribution in [1.82, 2.24) is 20.2 Å². The summed E-state index contributed by atoms with van der Waals surface area (Å²) in [5.74, 6) is -0.574. The van der Waals surface area contributed by atoms with Gasteiger partial charge in [0.1, 0.15) is 5.82 Å². The summed E-state index contributed by atoms with van der Waals surface area (Å²) in [6.07, 6.45) is -3.03. The number of aromatic nitrogens is 2. The van der Waals surface area contributed by atoms with Gasteiger partial charge in [0.2, 0.25) is 5.95 Å². The third-order valence-corrected chi connectivity index (χ3v) is 7.40. The Morgan fingerprint density at radius 1 is 0.979 bits per heavy atom. The number of alkyl halides is 3. The first kappa shape index (κ1) is 32.9.